The lowest BCUT2D eigenvalue weighted by atomic mass is 10.2. The first kappa shape index (κ1) is 21.4. The topological polar surface area (TPSA) is 107 Å². The zero-order valence-corrected chi connectivity index (χ0v) is 18.6. The third-order valence-corrected chi connectivity index (χ3v) is 7.35. The first-order valence-corrected chi connectivity index (χ1v) is 12.3. The molecular formula is C20H17FN4O3S3. The summed E-state index contributed by atoms with van der Waals surface area (Å²) in [7, 11) is -2.97. The van der Waals surface area contributed by atoms with Crippen molar-refractivity contribution in [2.45, 2.75) is 14.8 Å². The van der Waals surface area contributed by atoms with Crippen molar-refractivity contribution in [1.29, 1.82) is 0 Å². The fourth-order valence-corrected chi connectivity index (χ4v) is 5.26. The number of fused-ring (bicyclic) bond motifs is 1. The highest BCUT2D eigenvalue weighted by Gasteiger charge is 2.16. The second-order valence-corrected chi connectivity index (χ2v) is 9.94. The fourth-order valence-electron chi connectivity index (χ4n) is 2.78. The van der Waals surface area contributed by atoms with E-state index in [2.05, 4.69) is 15.3 Å². The normalized spacial score (nSPS) is 12.0. The first-order valence-electron chi connectivity index (χ1n) is 8.91. The van der Waals surface area contributed by atoms with E-state index in [-0.39, 0.29) is 4.90 Å². The van der Waals surface area contributed by atoms with Crippen molar-refractivity contribution in [3.8, 4) is 0 Å². The van der Waals surface area contributed by atoms with Gasteiger partial charge in [0.05, 0.1) is 38.3 Å². The number of hydrogen-bond donors (Lipinski definition) is 3. The van der Waals surface area contributed by atoms with Crippen LogP contribution in [0.4, 0.5) is 15.5 Å². The van der Waals surface area contributed by atoms with Gasteiger partial charge in [-0.2, -0.15) is 0 Å². The number of anilines is 2. The van der Waals surface area contributed by atoms with Gasteiger partial charge in [-0.15, -0.1) is 15.2 Å². The molecule has 4 rings (SSSR count). The summed E-state index contributed by atoms with van der Waals surface area (Å²) >= 11 is 2.83. The molecular weight excluding hydrogens is 459 g/mol. The van der Waals surface area contributed by atoms with Crippen molar-refractivity contribution in [2.24, 2.45) is 5.14 Å². The number of ether oxygens (including phenoxy) is 1. The summed E-state index contributed by atoms with van der Waals surface area (Å²) in [6.45, 7) is 0. The maximum absolute atomic E-state index is 13.4. The van der Waals surface area contributed by atoms with E-state index in [1.165, 1.54) is 42.3 Å². The monoisotopic (exact) mass is 476 g/mol. The third kappa shape index (κ3) is 4.74. The van der Waals surface area contributed by atoms with E-state index in [0.29, 0.717) is 27.1 Å². The Morgan fingerprint density at radius 1 is 1.16 bits per heavy atom. The Morgan fingerprint density at radius 2 is 1.90 bits per heavy atom. The van der Waals surface area contributed by atoms with E-state index in [1.807, 2.05) is 23.6 Å². The van der Waals surface area contributed by atoms with Crippen LogP contribution in [0, 0.1) is 0 Å². The van der Waals surface area contributed by atoms with E-state index in [9.17, 15) is 12.9 Å². The van der Waals surface area contributed by atoms with E-state index in [4.69, 9.17) is 9.88 Å². The van der Waals surface area contributed by atoms with E-state index < -0.39 is 16.5 Å². The van der Waals surface area contributed by atoms with Crippen LogP contribution in [0.3, 0.4) is 0 Å². The van der Waals surface area contributed by atoms with Crippen LogP contribution in [-0.2, 0) is 15.2 Å². The molecule has 0 unspecified atom stereocenters. The molecule has 0 radical (unpaired) electrons. The maximum atomic E-state index is 13.4. The number of nitrogens with one attached hydrogen (secondary N) is 1. The molecule has 0 saturated heterocycles. The molecule has 7 nitrogen and oxygen atoms in total. The summed E-state index contributed by atoms with van der Waals surface area (Å²) in [5.41, 5.74) is 1.77. The number of hydrogen-bond acceptors (Lipinski definition) is 8. The molecule has 31 heavy (non-hydrogen) atoms. The first-order chi connectivity index (χ1) is 14.8. The number of halogens is 1. The number of thiophene rings is 1. The van der Waals surface area contributed by atoms with Crippen LogP contribution in [0.15, 0.2) is 74.8 Å². The number of aromatic nitrogens is 2. The molecule has 4 aromatic rings. The molecule has 0 aliphatic heterocycles. The van der Waals surface area contributed by atoms with E-state index in [0.717, 1.165) is 10.2 Å². The molecule has 160 valence electrons. The molecule has 0 aliphatic rings. The van der Waals surface area contributed by atoms with Gasteiger partial charge < -0.3 is 10.1 Å². The van der Waals surface area contributed by atoms with Gasteiger partial charge in [0.1, 0.15) is 5.03 Å². The lowest BCUT2D eigenvalue weighted by molar-refractivity contribution is 0.0597. The van der Waals surface area contributed by atoms with Gasteiger partial charge in [0, 0.05) is 10.6 Å². The highest BCUT2D eigenvalue weighted by Crippen LogP contribution is 2.37. The van der Waals surface area contributed by atoms with Gasteiger partial charge in [-0.3, -0.25) is 0 Å². The number of rotatable bonds is 6. The molecule has 3 N–H and O–H groups in total. The second-order valence-electron chi connectivity index (χ2n) is 6.33. The van der Waals surface area contributed by atoms with Crippen LogP contribution in [0.1, 0.15) is 10.4 Å². The number of carbonyl (C=O) groups excluding carboxylic acids is 1. The predicted octanol–water partition coefficient (Wildman–Crippen LogP) is 4.51. The van der Waals surface area contributed by atoms with Gasteiger partial charge >= 0.3 is 5.97 Å². The lowest BCUT2D eigenvalue weighted by Gasteiger charge is -2.11. The number of benzene rings is 2. The van der Waals surface area contributed by atoms with Gasteiger partial charge in [-0.25, -0.2) is 24.1 Å². The van der Waals surface area contributed by atoms with Gasteiger partial charge in [0.2, 0.25) is 5.95 Å². The van der Waals surface area contributed by atoms with Crippen molar-refractivity contribution in [3.63, 3.8) is 0 Å². The molecule has 0 bridgehead atoms. The van der Waals surface area contributed by atoms with Crippen molar-refractivity contribution in [2.75, 3.05) is 12.4 Å². The van der Waals surface area contributed by atoms with Crippen LogP contribution in [-0.4, -0.2) is 27.3 Å². The third-order valence-electron chi connectivity index (χ3n) is 4.25. The summed E-state index contributed by atoms with van der Waals surface area (Å²) in [5, 5.41) is 10.7. The number of nitrogens with zero attached hydrogens (tertiary/aromatic N) is 2. The van der Waals surface area contributed by atoms with Crippen LogP contribution < -0.4 is 10.5 Å². The Labute approximate surface area is 186 Å². The minimum atomic E-state index is -4.31. The molecule has 0 amide bonds. The zero-order valence-electron chi connectivity index (χ0n) is 16.1. The SMILES string of the molecule is COC(=O)c1ccccc1Sc1nc(Nc2ccc([SH](N)(=O)F)cc2)nc2ccsc12. The molecule has 0 spiro atoms. The number of thiol groups is 1. The summed E-state index contributed by atoms with van der Waals surface area (Å²) in [4.78, 5) is 21.9. The number of methoxy groups -OCH3 is 1. The van der Waals surface area contributed by atoms with Crippen LogP contribution in [0.5, 0.6) is 0 Å². The Morgan fingerprint density at radius 3 is 2.61 bits per heavy atom. The zero-order chi connectivity index (χ0) is 22.0. The predicted molar refractivity (Wildman–Crippen MR) is 122 cm³/mol. The second kappa shape index (κ2) is 8.71. The van der Waals surface area contributed by atoms with Gasteiger partial charge in [0.15, 0.2) is 0 Å². The van der Waals surface area contributed by atoms with Crippen molar-refractivity contribution >= 4 is 61.4 Å². The molecule has 2 aromatic carbocycles. The number of esters is 1. The summed E-state index contributed by atoms with van der Waals surface area (Å²) < 4.78 is 30.6. The number of carbonyl (C=O) groups is 1. The largest absolute Gasteiger partial charge is 0.465 e. The number of nitrogens with two attached hydrogens (primary N) is 1. The van der Waals surface area contributed by atoms with Gasteiger partial charge in [-0.05, 0) is 47.8 Å². The Hall–Kier alpha value is -2.86. The molecule has 0 fully saturated rings. The quantitative estimate of drug-likeness (QED) is 0.163. The Bertz CT molecular complexity index is 1300. The Kier molecular flexibility index (Phi) is 6.01. The Balaban J connectivity index is 1.68. The van der Waals surface area contributed by atoms with Crippen LogP contribution in [0.2, 0.25) is 0 Å². The molecule has 0 aliphatic carbocycles. The van der Waals surface area contributed by atoms with Crippen molar-refractivity contribution < 1.29 is 17.6 Å². The van der Waals surface area contributed by atoms with E-state index >= 15 is 0 Å². The minimum Gasteiger partial charge on any atom is -0.465 e. The smallest absolute Gasteiger partial charge is 0.339 e. The lowest BCUT2D eigenvalue weighted by Crippen LogP contribution is -2.15. The molecule has 2 heterocycles. The molecule has 2 aromatic heterocycles. The maximum Gasteiger partial charge on any atom is 0.339 e. The minimum absolute atomic E-state index is 0.0667. The summed E-state index contributed by atoms with van der Waals surface area (Å²) in [6, 6.07) is 14.8. The molecule has 11 heteroatoms. The van der Waals surface area contributed by atoms with E-state index in [1.54, 1.807) is 24.3 Å². The highest BCUT2D eigenvalue weighted by molar-refractivity contribution is 7.99. The fraction of sp³-hybridized carbons (Fsp3) is 0.0500. The van der Waals surface area contributed by atoms with Gasteiger partial charge in [0.25, 0.3) is 0 Å². The van der Waals surface area contributed by atoms with Gasteiger partial charge in [-0.1, -0.05) is 23.9 Å². The average Bonchev–Trinajstić information content (AvgIpc) is 3.22. The van der Waals surface area contributed by atoms with Crippen molar-refractivity contribution in [3.05, 3.63) is 65.5 Å². The average molecular weight is 477 g/mol. The summed E-state index contributed by atoms with van der Waals surface area (Å²) in [6.07, 6.45) is 0. The molecule has 0 saturated carbocycles. The molecule has 0 atom stereocenters. The summed E-state index contributed by atoms with van der Waals surface area (Å²) in [5.74, 6) is -0.101. The standard InChI is InChI=1S/C20H17FN4O3S3/c1-28-19(26)14-4-2-3-5-16(14)30-18-17-15(10-11-29-17)24-20(25-18)23-12-6-8-13(9-7-12)31(21,22)27/h2-11,31H,1H3,(H2,22,27)(H,23,24,25). The van der Waals surface area contributed by atoms with Crippen LogP contribution in [0.25, 0.3) is 10.2 Å². The van der Waals surface area contributed by atoms with Crippen molar-refractivity contribution in [1.82, 2.24) is 9.97 Å². The van der Waals surface area contributed by atoms with Crippen LogP contribution >= 0.6 is 23.1 Å². The highest BCUT2D eigenvalue weighted by atomic mass is 32.3.